The molecule has 0 radical (unpaired) electrons. The maximum atomic E-state index is 11.2. The molecular weight excluding hydrogens is 290 g/mol. The summed E-state index contributed by atoms with van der Waals surface area (Å²) in [4.78, 5) is 25.9. The van der Waals surface area contributed by atoms with Gasteiger partial charge in [0, 0.05) is 11.8 Å². The minimum absolute atomic E-state index is 0.0267. The highest BCUT2D eigenvalue weighted by molar-refractivity contribution is 5.94. The molecule has 1 heterocycles. The lowest BCUT2D eigenvalue weighted by Crippen LogP contribution is -2.13. The van der Waals surface area contributed by atoms with Gasteiger partial charge in [-0.05, 0) is 5.56 Å². The van der Waals surface area contributed by atoms with Gasteiger partial charge >= 0.3 is 11.9 Å². The van der Waals surface area contributed by atoms with Gasteiger partial charge < -0.3 is 20.1 Å². The molecule has 0 atom stereocenters. The Morgan fingerprint density at radius 2 is 1.77 bits per heavy atom. The minimum atomic E-state index is -1.37. The first-order valence-electron chi connectivity index (χ1n) is 6.30. The van der Waals surface area contributed by atoms with Crippen molar-refractivity contribution in [3.05, 3.63) is 58.9 Å². The Bertz CT molecular complexity index is 699. The van der Waals surface area contributed by atoms with Crippen LogP contribution in [0.3, 0.4) is 0 Å². The van der Waals surface area contributed by atoms with Crippen LogP contribution in [-0.2, 0) is 13.2 Å². The van der Waals surface area contributed by atoms with E-state index in [4.69, 9.17) is 14.9 Å². The van der Waals surface area contributed by atoms with Crippen molar-refractivity contribution in [2.45, 2.75) is 13.2 Å². The maximum absolute atomic E-state index is 11.2. The van der Waals surface area contributed by atoms with Crippen molar-refractivity contribution < 1.29 is 29.6 Å². The molecule has 1 aromatic heterocycles. The molecule has 0 saturated carbocycles. The van der Waals surface area contributed by atoms with Crippen molar-refractivity contribution in [3.8, 4) is 5.75 Å². The Morgan fingerprint density at radius 1 is 1.09 bits per heavy atom. The van der Waals surface area contributed by atoms with Gasteiger partial charge in [-0.2, -0.15) is 0 Å². The van der Waals surface area contributed by atoms with Crippen LogP contribution in [-0.4, -0.2) is 32.2 Å². The topological polar surface area (TPSA) is 117 Å². The van der Waals surface area contributed by atoms with Gasteiger partial charge in [-0.3, -0.25) is 0 Å². The smallest absolute Gasteiger partial charge is 0.358 e. The SMILES string of the molecule is O=C(O)c1cnc(C(=O)O)c(OCc2ccccc2)c1CO. The zero-order chi connectivity index (χ0) is 16.1. The second kappa shape index (κ2) is 6.68. The number of hydrogen-bond acceptors (Lipinski definition) is 5. The maximum Gasteiger partial charge on any atom is 0.358 e. The summed E-state index contributed by atoms with van der Waals surface area (Å²) in [5, 5.41) is 27.6. The predicted molar refractivity (Wildman–Crippen MR) is 74.9 cm³/mol. The Hall–Kier alpha value is -2.93. The molecule has 0 amide bonds. The zero-order valence-electron chi connectivity index (χ0n) is 11.4. The van der Waals surface area contributed by atoms with Crippen LogP contribution < -0.4 is 4.74 Å². The molecule has 0 spiro atoms. The number of rotatable bonds is 6. The Kier molecular flexibility index (Phi) is 4.70. The molecular formula is C15H13NO6. The third-order valence-electron chi connectivity index (χ3n) is 2.95. The van der Waals surface area contributed by atoms with Crippen LogP contribution in [0.25, 0.3) is 0 Å². The van der Waals surface area contributed by atoms with Gasteiger partial charge in [0.2, 0.25) is 0 Å². The summed E-state index contributed by atoms with van der Waals surface area (Å²) < 4.78 is 5.43. The van der Waals surface area contributed by atoms with Crippen LogP contribution in [0.5, 0.6) is 5.75 Å². The second-order valence-electron chi connectivity index (χ2n) is 4.37. The predicted octanol–water partition coefficient (Wildman–Crippen LogP) is 1.55. The van der Waals surface area contributed by atoms with Gasteiger partial charge in [0.15, 0.2) is 11.4 Å². The average molecular weight is 303 g/mol. The van der Waals surface area contributed by atoms with Crippen LogP contribution in [0.15, 0.2) is 36.5 Å². The summed E-state index contributed by atoms with van der Waals surface area (Å²) in [6, 6.07) is 8.93. The number of carbonyl (C=O) groups is 2. The van der Waals surface area contributed by atoms with E-state index in [0.717, 1.165) is 11.8 Å². The van der Waals surface area contributed by atoms with E-state index in [0.29, 0.717) is 0 Å². The van der Waals surface area contributed by atoms with Crippen molar-refractivity contribution >= 4 is 11.9 Å². The molecule has 2 rings (SSSR count). The lowest BCUT2D eigenvalue weighted by atomic mass is 10.1. The van der Waals surface area contributed by atoms with E-state index in [-0.39, 0.29) is 23.5 Å². The number of aliphatic hydroxyl groups excluding tert-OH is 1. The fourth-order valence-electron chi connectivity index (χ4n) is 1.91. The van der Waals surface area contributed by atoms with Crippen LogP contribution in [0.2, 0.25) is 0 Å². The number of pyridine rings is 1. The standard InChI is InChI=1S/C15H13NO6/c17-7-11-10(14(18)19)6-16-12(15(20)21)13(11)22-8-9-4-2-1-3-5-9/h1-6,17H,7-8H2,(H,18,19)(H,20,21). The Balaban J connectivity index is 2.43. The summed E-state index contributed by atoms with van der Waals surface area (Å²) in [5.74, 6) is -2.92. The Morgan fingerprint density at radius 3 is 2.32 bits per heavy atom. The lowest BCUT2D eigenvalue weighted by Gasteiger charge is -2.14. The largest absolute Gasteiger partial charge is 0.486 e. The molecule has 0 saturated heterocycles. The highest BCUT2D eigenvalue weighted by Crippen LogP contribution is 2.27. The Labute approximate surface area is 125 Å². The first-order valence-corrected chi connectivity index (χ1v) is 6.30. The number of aromatic nitrogens is 1. The zero-order valence-corrected chi connectivity index (χ0v) is 11.4. The van der Waals surface area contributed by atoms with E-state index in [1.54, 1.807) is 24.3 Å². The third kappa shape index (κ3) is 3.21. The number of carboxylic acid groups (broad SMARTS) is 2. The highest BCUT2D eigenvalue weighted by Gasteiger charge is 2.23. The molecule has 0 aliphatic heterocycles. The van der Waals surface area contributed by atoms with Crippen molar-refractivity contribution in [2.24, 2.45) is 0 Å². The average Bonchev–Trinajstić information content (AvgIpc) is 2.52. The molecule has 0 unspecified atom stereocenters. The first-order chi connectivity index (χ1) is 10.5. The van der Waals surface area contributed by atoms with E-state index in [1.165, 1.54) is 0 Å². The molecule has 2 aromatic rings. The quantitative estimate of drug-likeness (QED) is 0.741. The molecule has 114 valence electrons. The number of benzene rings is 1. The summed E-state index contributed by atoms with van der Waals surface area (Å²) in [7, 11) is 0. The molecule has 0 aliphatic rings. The number of nitrogens with zero attached hydrogens (tertiary/aromatic N) is 1. The van der Waals surface area contributed by atoms with Crippen LogP contribution >= 0.6 is 0 Å². The van der Waals surface area contributed by atoms with Crippen molar-refractivity contribution in [2.75, 3.05) is 0 Å². The van der Waals surface area contributed by atoms with Gasteiger partial charge in [-0.15, -0.1) is 0 Å². The van der Waals surface area contributed by atoms with Gasteiger partial charge in [0.25, 0.3) is 0 Å². The van der Waals surface area contributed by atoms with E-state index in [2.05, 4.69) is 4.98 Å². The van der Waals surface area contributed by atoms with Crippen LogP contribution in [0.4, 0.5) is 0 Å². The van der Waals surface area contributed by atoms with E-state index < -0.39 is 24.2 Å². The second-order valence-corrected chi connectivity index (χ2v) is 4.37. The molecule has 22 heavy (non-hydrogen) atoms. The molecule has 7 heteroatoms. The number of aliphatic hydroxyl groups is 1. The molecule has 7 nitrogen and oxygen atoms in total. The summed E-state index contributed by atoms with van der Waals surface area (Å²) in [5.41, 5.74) is -0.0835. The molecule has 0 aliphatic carbocycles. The summed E-state index contributed by atoms with van der Waals surface area (Å²) >= 11 is 0. The number of carboxylic acids is 2. The van der Waals surface area contributed by atoms with Crippen molar-refractivity contribution in [1.29, 1.82) is 0 Å². The molecule has 1 aromatic carbocycles. The van der Waals surface area contributed by atoms with E-state index in [1.807, 2.05) is 6.07 Å². The van der Waals surface area contributed by atoms with Gasteiger partial charge in [-0.1, -0.05) is 30.3 Å². The summed E-state index contributed by atoms with van der Waals surface area (Å²) in [6.45, 7) is -0.645. The van der Waals surface area contributed by atoms with Crippen LogP contribution in [0.1, 0.15) is 32.0 Å². The number of hydrogen-bond donors (Lipinski definition) is 3. The normalized spacial score (nSPS) is 10.2. The number of ether oxygens (including phenoxy) is 1. The van der Waals surface area contributed by atoms with Crippen molar-refractivity contribution in [3.63, 3.8) is 0 Å². The number of aromatic carboxylic acids is 2. The highest BCUT2D eigenvalue weighted by atomic mass is 16.5. The minimum Gasteiger partial charge on any atom is -0.486 e. The van der Waals surface area contributed by atoms with Gasteiger partial charge in [0.05, 0.1) is 12.2 Å². The van der Waals surface area contributed by atoms with E-state index >= 15 is 0 Å². The lowest BCUT2D eigenvalue weighted by molar-refractivity contribution is 0.0667. The van der Waals surface area contributed by atoms with Gasteiger partial charge in [0.1, 0.15) is 6.61 Å². The fraction of sp³-hybridized carbons (Fsp3) is 0.133. The molecule has 0 bridgehead atoms. The van der Waals surface area contributed by atoms with Gasteiger partial charge in [-0.25, -0.2) is 14.6 Å². The summed E-state index contributed by atoms with van der Waals surface area (Å²) in [6.07, 6.45) is 0.896. The fourth-order valence-corrected chi connectivity index (χ4v) is 1.91. The third-order valence-corrected chi connectivity index (χ3v) is 2.95. The first kappa shape index (κ1) is 15.5. The molecule has 0 fully saturated rings. The monoisotopic (exact) mass is 303 g/mol. The van der Waals surface area contributed by atoms with Crippen LogP contribution in [0, 0.1) is 0 Å². The van der Waals surface area contributed by atoms with Crippen molar-refractivity contribution in [1.82, 2.24) is 4.98 Å². The van der Waals surface area contributed by atoms with E-state index in [9.17, 15) is 14.7 Å². The molecule has 3 N–H and O–H groups in total.